The molecule has 1 aromatic rings. The number of fused-ring (bicyclic) bond motifs is 5. The van der Waals surface area contributed by atoms with Crippen LogP contribution in [-0.4, -0.2) is 110 Å². The number of rotatable bonds is 8. The number of carbonyl (C=O) groups excluding carboxylic acids is 5. The smallest absolute Gasteiger partial charge is 0.409 e. The zero-order valence-corrected chi connectivity index (χ0v) is 34.1. The lowest BCUT2D eigenvalue weighted by atomic mass is 9.83. The molecule has 2 fully saturated rings. The van der Waals surface area contributed by atoms with Crippen molar-refractivity contribution in [2.45, 2.75) is 116 Å². The van der Waals surface area contributed by atoms with Crippen molar-refractivity contribution in [3.05, 3.63) is 46.5 Å². The average molecular weight is 792 g/mol. The lowest BCUT2D eigenvalue weighted by molar-refractivity contribution is -0.162. The van der Waals surface area contributed by atoms with Gasteiger partial charge in [0.2, 0.25) is 11.8 Å². The number of nitrogens with zero attached hydrogens (tertiary/aromatic N) is 2. The number of allylic oxidation sites excluding steroid dienone is 2. The topological polar surface area (TPSA) is 183 Å². The third kappa shape index (κ3) is 9.28. The van der Waals surface area contributed by atoms with Crippen molar-refractivity contribution in [2.75, 3.05) is 33.2 Å². The van der Waals surface area contributed by atoms with E-state index >= 15 is 0 Å². The summed E-state index contributed by atoms with van der Waals surface area (Å²) in [5.41, 5.74) is -2.01. The molecular formula is C39H54ClN3O12. The van der Waals surface area contributed by atoms with Crippen molar-refractivity contribution >= 4 is 47.1 Å². The summed E-state index contributed by atoms with van der Waals surface area (Å²) in [7, 11) is 5.80. The fourth-order valence-electron chi connectivity index (χ4n) is 7.01. The molecule has 304 valence electrons. The number of anilines is 1. The predicted molar refractivity (Wildman–Crippen MR) is 201 cm³/mol. The molecule has 1 aromatic carbocycles. The van der Waals surface area contributed by atoms with Crippen LogP contribution in [0.2, 0.25) is 5.02 Å². The Morgan fingerprint density at radius 3 is 2.45 bits per heavy atom. The van der Waals surface area contributed by atoms with E-state index in [9.17, 15) is 29.1 Å². The first-order valence-electron chi connectivity index (χ1n) is 18.3. The van der Waals surface area contributed by atoms with E-state index in [1.165, 1.54) is 45.0 Å². The van der Waals surface area contributed by atoms with Crippen LogP contribution in [0.4, 0.5) is 10.5 Å². The van der Waals surface area contributed by atoms with Gasteiger partial charge in [0.1, 0.15) is 46.8 Å². The number of hydrogen-bond donors (Lipinski definition) is 2. The van der Waals surface area contributed by atoms with Crippen LogP contribution < -0.4 is 15.0 Å². The maximum absolute atomic E-state index is 14.3. The number of alkyl carbamates (subject to hydrolysis) is 1. The number of amides is 3. The number of esters is 2. The summed E-state index contributed by atoms with van der Waals surface area (Å²) in [6.45, 7) is 11.6. The van der Waals surface area contributed by atoms with E-state index in [-0.39, 0.29) is 34.7 Å². The van der Waals surface area contributed by atoms with E-state index in [2.05, 4.69) is 5.32 Å². The first-order valence-corrected chi connectivity index (χ1v) is 18.7. The highest BCUT2D eigenvalue weighted by Gasteiger charge is 2.64. The first-order chi connectivity index (χ1) is 25.7. The number of hydrogen-bond acceptors (Lipinski definition) is 12. The number of methoxy groups -OCH3 is 2. The molecule has 55 heavy (non-hydrogen) atoms. The summed E-state index contributed by atoms with van der Waals surface area (Å²) in [6.07, 6.45) is -0.849. The van der Waals surface area contributed by atoms with Gasteiger partial charge in [-0.05, 0) is 44.9 Å². The highest BCUT2D eigenvalue weighted by Crippen LogP contribution is 2.49. The summed E-state index contributed by atoms with van der Waals surface area (Å²) >= 11 is 6.79. The normalized spacial score (nSPS) is 32.3. The molecular weight excluding hydrogens is 738 g/mol. The highest BCUT2D eigenvalue weighted by atomic mass is 35.5. The minimum absolute atomic E-state index is 0.0987. The van der Waals surface area contributed by atoms with Gasteiger partial charge in [0.05, 0.1) is 25.3 Å². The third-order valence-electron chi connectivity index (χ3n) is 11.0. The molecule has 3 amide bonds. The van der Waals surface area contributed by atoms with E-state index in [0.717, 1.165) is 0 Å². The number of epoxide rings is 1. The Morgan fingerprint density at radius 1 is 1.18 bits per heavy atom. The van der Waals surface area contributed by atoms with Crippen molar-refractivity contribution in [1.82, 2.24) is 10.2 Å². The lowest BCUT2D eigenvalue weighted by Crippen LogP contribution is -2.63. The van der Waals surface area contributed by atoms with Crippen LogP contribution in [0.15, 0.2) is 35.9 Å². The fraction of sp³-hybridized carbons (Fsp3) is 0.615. The molecule has 0 aromatic heterocycles. The van der Waals surface area contributed by atoms with E-state index < -0.39 is 84.2 Å². The van der Waals surface area contributed by atoms with E-state index in [0.29, 0.717) is 17.6 Å². The molecule has 2 N–H and O–H groups in total. The Kier molecular flexibility index (Phi) is 13.7. The minimum Gasteiger partial charge on any atom is -0.495 e. The van der Waals surface area contributed by atoms with Crippen LogP contribution in [0.3, 0.4) is 0 Å². The molecule has 3 aliphatic heterocycles. The second-order valence-corrected chi connectivity index (χ2v) is 15.2. The molecule has 10 atom stereocenters. The average Bonchev–Trinajstić information content (AvgIpc) is 3.84. The zero-order valence-electron chi connectivity index (χ0n) is 33.3. The van der Waals surface area contributed by atoms with E-state index in [4.69, 9.17) is 40.0 Å². The van der Waals surface area contributed by atoms with Crippen LogP contribution in [-0.2, 0) is 42.9 Å². The third-order valence-corrected chi connectivity index (χ3v) is 11.4. The Hall–Kier alpha value is -4.18. The molecule has 0 radical (unpaired) electrons. The summed E-state index contributed by atoms with van der Waals surface area (Å²) in [5.74, 6) is -2.82. The van der Waals surface area contributed by atoms with Crippen molar-refractivity contribution in [2.24, 2.45) is 11.8 Å². The zero-order chi connectivity index (χ0) is 41.2. The molecule has 3 unspecified atom stereocenters. The number of carbonyl (C=O) groups is 5. The molecule has 16 heteroatoms. The van der Waals surface area contributed by atoms with Gasteiger partial charge in [-0.25, -0.2) is 9.59 Å². The quantitative estimate of drug-likeness (QED) is 0.212. The fourth-order valence-corrected chi connectivity index (χ4v) is 7.33. The maximum Gasteiger partial charge on any atom is 0.409 e. The number of benzene rings is 1. The van der Waals surface area contributed by atoms with Gasteiger partial charge in [-0.1, -0.05) is 50.6 Å². The second kappa shape index (κ2) is 17.3. The highest BCUT2D eigenvalue weighted by molar-refractivity contribution is 6.35. The monoisotopic (exact) mass is 791 g/mol. The molecule has 0 spiro atoms. The van der Waals surface area contributed by atoms with Gasteiger partial charge in [-0.3, -0.25) is 19.7 Å². The van der Waals surface area contributed by atoms with Crippen LogP contribution in [0.25, 0.3) is 0 Å². The van der Waals surface area contributed by atoms with Gasteiger partial charge >= 0.3 is 18.0 Å². The van der Waals surface area contributed by atoms with Crippen molar-refractivity contribution in [3.8, 4) is 5.75 Å². The van der Waals surface area contributed by atoms with Crippen LogP contribution in [0, 0.1) is 11.8 Å². The van der Waals surface area contributed by atoms with Crippen LogP contribution >= 0.6 is 11.6 Å². The van der Waals surface area contributed by atoms with Gasteiger partial charge < -0.3 is 43.3 Å². The Bertz CT molecular complexity index is 1720. The summed E-state index contributed by atoms with van der Waals surface area (Å²) in [4.78, 5) is 68.9. The molecule has 3 aliphatic rings. The Balaban J connectivity index is 1.85. The van der Waals surface area contributed by atoms with Gasteiger partial charge in [0.15, 0.2) is 5.72 Å². The summed E-state index contributed by atoms with van der Waals surface area (Å²) < 4.78 is 34.9. The molecule has 4 rings (SSSR count). The second-order valence-electron chi connectivity index (χ2n) is 14.8. The number of likely N-dealkylation sites (N-methyl/N-ethyl adjacent to an activating group) is 1. The summed E-state index contributed by atoms with van der Waals surface area (Å²) in [6, 6.07) is 2.18. The van der Waals surface area contributed by atoms with Gasteiger partial charge in [0.25, 0.3) is 0 Å². The van der Waals surface area contributed by atoms with Gasteiger partial charge in [-0.15, -0.1) is 0 Å². The molecule has 2 saturated heterocycles. The Labute approximate surface area is 327 Å². The number of nitrogens with one attached hydrogen (secondary N) is 1. The van der Waals surface area contributed by atoms with E-state index in [1.54, 1.807) is 65.0 Å². The SMILES string of the molecule is CCC(C)C(=O)N(C)C(C)C(=O)O[C@H]1CC(=O)N(C)c2cc(cc(OC)c2Cl)C(OC(C)=O)/C(C)=C/C=C/[C@@H](OC)[C@@]2(O)C[C@H](OC(=O)N2)[C@@H](C)[C@@H]2O[C@@]12C. The van der Waals surface area contributed by atoms with Crippen LogP contribution in [0.5, 0.6) is 5.75 Å². The minimum atomic E-state index is -1.92. The number of aliphatic hydroxyl groups is 1. The number of halogens is 1. The standard InChI is InChI=1S/C39H54ClN3O12/c1-12-20(2)35(46)42(8)23(5)36(47)54-30-18-31(45)43(9)26-16-25(17-27(50-10)32(26)40)33(52-24(6)44)21(3)14-13-15-29(51-11)39(49)19-28(53-37(48)41-39)22(4)34-38(30,7)55-34/h13-17,20,22-23,28-30,33-34,49H,12,18-19H2,1-11H3,(H,41,48)/b15-13+,21-14+/t20?,22-,23?,28+,29-,30+,33?,34+,38+,39+/m1/s1. The van der Waals surface area contributed by atoms with Crippen molar-refractivity contribution < 1.29 is 57.5 Å². The summed E-state index contributed by atoms with van der Waals surface area (Å²) in [5, 5.41) is 14.4. The molecule has 15 nitrogen and oxygen atoms in total. The first kappa shape index (κ1) is 43.5. The molecule has 3 heterocycles. The van der Waals surface area contributed by atoms with E-state index in [1.807, 2.05) is 6.92 Å². The largest absolute Gasteiger partial charge is 0.495 e. The molecule has 0 saturated carbocycles. The van der Waals surface area contributed by atoms with Gasteiger partial charge in [0, 0.05) is 51.9 Å². The number of ether oxygens (including phenoxy) is 6. The molecule has 4 bridgehead atoms. The van der Waals surface area contributed by atoms with Crippen molar-refractivity contribution in [1.29, 1.82) is 0 Å². The lowest BCUT2D eigenvalue weighted by Gasteiger charge is -2.42. The van der Waals surface area contributed by atoms with Crippen LogP contribution in [0.1, 0.15) is 79.4 Å². The van der Waals surface area contributed by atoms with Gasteiger partial charge in [-0.2, -0.15) is 0 Å². The Morgan fingerprint density at radius 2 is 1.85 bits per heavy atom. The molecule has 0 aliphatic carbocycles. The van der Waals surface area contributed by atoms with Crippen molar-refractivity contribution in [3.63, 3.8) is 0 Å². The maximum atomic E-state index is 14.3. The predicted octanol–water partition coefficient (Wildman–Crippen LogP) is 4.62.